The van der Waals surface area contributed by atoms with Gasteiger partial charge in [0, 0.05) is 5.92 Å². The van der Waals surface area contributed by atoms with Gasteiger partial charge in [-0.25, -0.2) is 0 Å². The van der Waals surface area contributed by atoms with Gasteiger partial charge in [-0.1, -0.05) is 27.4 Å². The van der Waals surface area contributed by atoms with Crippen LogP contribution in [0, 0.1) is 28.6 Å². The second-order valence-electron chi connectivity index (χ2n) is 6.88. The quantitative estimate of drug-likeness (QED) is 0.649. The van der Waals surface area contributed by atoms with Crippen molar-refractivity contribution in [1.82, 2.24) is 0 Å². The average molecular weight is 234 g/mol. The third kappa shape index (κ3) is 1.19. The molecule has 4 fully saturated rings. The predicted octanol–water partition coefficient (Wildman–Crippen LogP) is 3.53. The maximum Gasteiger partial charge on any atom is 0.315 e. The first-order valence-electron chi connectivity index (χ1n) is 6.81. The van der Waals surface area contributed by atoms with E-state index >= 15 is 0 Å². The largest absolute Gasteiger partial charge is 0.431 e. The zero-order chi connectivity index (χ0) is 12.4. The van der Waals surface area contributed by atoms with Crippen LogP contribution in [0.15, 0.2) is 12.3 Å². The molecule has 0 spiro atoms. The lowest BCUT2D eigenvalue weighted by Gasteiger charge is -2.59. The molecule has 17 heavy (non-hydrogen) atoms. The van der Waals surface area contributed by atoms with Crippen LogP contribution in [0.25, 0.3) is 0 Å². The van der Waals surface area contributed by atoms with E-state index in [1.807, 2.05) is 0 Å². The molecule has 1 heterocycles. The van der Waals surface area contributed by atoms with E-state index in [1.165, 1.54) is 25.7 Å². The van der Waals surface area contributed by atoms with E-state index < -0.39 is 0 Å². The van der Waals surface area contributed by atoms with Crippen LogP contribution in [-0.4, -0.2) is 5.97 Å². The van der Waals surface area contributed by atoms with Crippen LogP contribution in [0.1, 0.15) is 46.5 Å². The van der Waals surface area contributed by atoms with Crippen molar-refractivity contribution in [3.63, 3.8) is 0 Å². The highest BCUT2D eigenvalue weighted by atomic mass is 16.5. The van der Waals surface area contributed by atoms with Crippen LogP contribution in [0.3, 0.4) is 0 Å². The third-order valence-electron chi connectivity index (χ3n) is 6.01. The Bertz CT molecular complexity index is 386. The Morgan fingerprint density at radius 1 is 1.24 bits per heavy atom. The Balaban J connectivity index is 2.11. The van der Waals surface area contributed by atoms with Crippen LogP contribution >= 0.6 is 0 Å². The molecule has 0 aromatic carbocycles. The van der Waals surface area contributed by atoms with Crippen molar-refractivity contribution in [2.45, 2.75) is 46.5 Å². The molecule has 0 aromatic rings. The van der Waals surface area contributed by atoms with Crippen molar-refractivity contribution in [1.29, 1.82) is 0 Å². The molecule has 0 radical (unpaired) electrons. The molecule has 0 amide bonds. The van der Waals surface area contributed by atoms with E-state index in [9.17, 15) is 4.79 Å². The van der Waals surface area contributed by atoms with Crippen molar-refractivity contribution in [2.24, 2.45) is 28.6 Å². The van der Waals surface area contributed by atoms with Gasteiger partial charge in [-0.2, -0.15) is 0 Å². The number of allylic oxidation sites excluding steroid dienone is 1. The van der Waals surface area contributed by atoms with E-state index in [1.54, 1.807) is 0 Å². The minimum atomic E-state index is -0.000625. The van der Waals surface area contributed by atoms with Gasteiger partial charge in [0.15, 0.2) is 0 Å². The van der Waals surface area contributed by atoms with E-state index in [0.717, 1.165) is 5.76 Å². The van der Waals surface area contributed by atoms with Crippen molar-refractivity contribution in [2.75, 3.05) is 0 Å². The summed E-state index contributed by atoms with van der Waals surface area (Å²) in [5.41, 5.74) is 0.434. The van der Waals surface area contributed by atoms with E-state index in [-0.39, 0.29) is 28.6 Å². The highest BCUT2D eigenvalue weighted by molar-refractivity contribution is 5.79. The summed E-state index contributed by atoms with van der Waals surface area (Å²) >= 11 is 0. The first-order valence-corrected chi connectivity index (χ1v) is 6.81. The normalized spacial score (nSPS) is 48.5. The zero-order valence-electron chi connectivity index (χ0n) is 11.1. The minimum absolute atomic E-state index is 0.000625. The summed E-state index contributed by atoms with van der Waals surface area (Å²) < 4.78 is 5.40. The Labute approximate surface area is 103 Å². The third-order valence-corrected chi connectivity index (χ3v) is 6.01. The number of rotatable bonds is 1. The van der Waals surface area contributed by atoms with Gasteiger partial charge >= 0.3 is 5.97 Å². The van der Waals surface area contributed by atoms with Gasteiger partial charge in [0.25, 0.3) is 0 Å². The summed E-state index contributed by atoms with van der Waals surface area (Å²) in [7, 11) is 0. The zero-order valence-corrected chi connectivity index (χ0v) is 11.1. The van der Waals surface area contributed by atoms with Crippen molar-refractivity contribution in [3.8, 4) is 0 Å². The van der Waals surface area contributed by atoms with E-state index in [0.29, 0.717) is 5.92 Å². The van der Waals surface area contributed by atoms with Gasteiger partial charge in [-0.3, -0.25) is 4.79 Å². The average Bonchev–Trinajstić information content (AvgIpc) is 2.58. The number of carbonyl (C=O) groups excluding carboxylic acids is 1. The molecule has 2 bridgehead atoms. The van der Waals surface area contributed by atoms with Gasteiger partial charge in [-0.15, -0.1) is 0 Å². The molecule has 2 nitrogen and oxygen atoms in total. The summed E-state index contributed by atoms with van der Waals surface area (Å²) in [6.07, 6.45) is 4.82. The maximum atomic E-state index is 12.2. The van der Waals surface area contributed by atoms with Crippen LogP contribution in [-0.2, 0) is 9.53 Å². The van der Waals surface area contributed by atoms with Gasteiger partial charge < -0.3 is 4.74 Å². The topological polar surface area (TPSA) is 26.3 Å². The van der Waals surface area contributed by atoms with E-state index in [2.05, 4.69) is 27.4 Å². The number of cyclic esters (lactones) is 1. The molecule has 4 aliphatic rings. The smallest absolute Gasteiger partial charge is 0.315 e. The Hall–Kier alpha value is -0.790. The highest BCUT2D eigenvalue weighted by Gasteiger charge is 2.66. The number of hydrogen-bond donors (Lipinski definition) is 0. The summed E-state index contributed by atoms with van der Waals surface area (Å²) in [5.74, 6) is 1.66. The van der Waals surface area contributed by atoms with Crippen LogP contribution in [0.2, 0.25) is 0 Å². The molecule has 1 saturated heterocycles. The number of fused-ring (bicyclic) bond motifs is 2. The second-order valence-corrected chi connectivity index (χ2v) is 6.88. The highest BCUT2D eigenvalue weighted by Crippen LogP contribution is 2.68. The fraction of sp³-hybridized carbons (Fsp3) is 0.800. The maximum absolute atomic E-state index is 12.2. The van der Waals surface area contributed by atoms with Crippen LogP contribution in [0.4, 0.5) is 0 Å². The van der Waals surface area contributed by atoms with E-state index in [4.69, 9.17) is 4.74 Å². The molecule has 0 N–H and O–H groups in total. The molecular formula is C15H22O2. The Morgan fingerprint density at radius 3 is 2.35 bits per heavy atom. The van der Waals surface area contributed by atoms with Crippen molar-refractivity contribution >= 4 is 5.97 Å². The molecule has 1 aliphatic heterocycles. The lowest BCUT2D eigenvalue weighted by atomic mass is 9.43. The van der Waals surface area contributed by atoms with Gasteiger partial charge in [0.05, 0.1) is 5.92 Å². The second kappa shape index (κ2) is 3.15. The Kier molecular flexibility index (Phi) is 2.10. The summed E-state index contributed by atoms with van der Waals surface area (Å²) in [6.45, 7) is 10.8. The summed E-state index contributed by atoms with van der Waals surface area (Å²) in [4.78, 5) is 12.2. The minimum Gasteiger partial charge on any atom is -0.431 e. The van der Waals surface area contributed by atoms with Crippen LogP contribution < -0.4 is 0 Å². The summed E-state index contributed by atoms with van der Waals surface area (Å²) in [5, 5.41) is 0. The molecule has 2 heteroatoms. The lowest BCUT2D eigenvalue weighted by molar-refractivity contribution is -0.157. The molecule has 4 rings (SSSR count). The van der Waals surface area contributed by atoms with Gasteiger partial charge in [-0.05, 0) is 42.4 Å². The fourth-order valence-electron chi connectivity index (χ4n) is 4.78. The monoisotopic (exact) mass is 234 g/mol. The van der Waals surface area contributed by atoms with Gasteiger partial charge in [0.1, 0.15) is 5.76 Å². The number of ether oxygens (including phenoxy) is 1. The van der Waals surface area contributed by atoms with Crippen LogP contribution in [0.5, 0.6) is 0 Å². The molecule has 0 aromatic heterocycles. The molecule has 94 valence electrons. The standard InChI is InChI=1S/C15H22O2/c1-9(2)15-7-5-14(4,6-8-15)11-10(3)17-13(16)12(11)15/h9,11-12H,3,5-8H2,1-2,4H3. The fourth-order valence-corrected chi connectivity index (χ4v) is 4.78. The number of hydrogen-bond acceptors (Lipinski definition) is 2. The lowest BCUT2D eigenvalue weighted by Crippen LogP contribution is -2.55. The molecule has 3 saturated carbocycles. The van der Waals surface area contributed by atoms with Crippen molar-refractivity contribution in [3.05, 3.63) is 12.3 Å². The molecule has 2 unspecified atom stereocenters. The number of carbonyl (C=O) groups is 1. The van der Waals surface area contributed by atoms with Gasteiger partial charge in [0.2, 0.25) is 0 Å². The molecule has 2 atom stereocenters. The first-order chi connectivity index (χ1) is 7.91. The molecule has 3 aliphatic carbocycles. The number of esters is 1. The van der Waals surface area contributed by atoms with Crippen molar-refractivity contribution < 1.29 is 9.53 Å². The summed E-state index contributed by atoms with van der Waals surface area (Å²) in [6, 6.07) is 0. The Morgan fingerprint density at radius 2 is 1.82 bits per heavy atom. The first kappa shape index (κ1) is 11.3. The molecular weight excluding hydrogens is 212 g/mol. The predicted molar refractivity (Wildman–Crippen MR) is 66.1 cm³/mol. The SMILES string of the molecule is C=C1OC(=O)C2C1C1(C)CCC2(C(C)C)CC1.